The number of carbonyl (C=O) groups is 1. The van der Waals surface area contributed by atoms with E-state index in [-0.39, 0.29) is 17.3 Å². The Morgan fingerprint density at radius 3 is 1.58 bits per heavy atom. The molecule has 1 aliphatic carbocycles. The van der Waals surface area contributed by atoms with Crippen molar-refractivity contribution in [1.29, 1.82) is 0 Å². The minimum absolute atomic E-state index is 0.0179. The summed E-state index contributed by atoms with van der Waals surface area (Å²) in [5.74, 6) is 0.846. The van der Waals surface area contributed by atoms with E-state index in [0.717, 1.165) is 11.1 Å². The number of Topliss-reactive ketones (excluding diaryl/α,β-unsaturated/α-hetero) is 1. The Balaban J connectivity index is 1.83. The predicted molar refractivity (Wildman–Crippen MR) is 99.5 cm³/mol. The van der Waals surface area contributed by atoms with Crippen LogP contribution in [-0.4, -0.2) is 30.2 Å². The number of phenolic OH excluding ortho intramolecular Hbond substituents is 2. The van der Waals surface area contributed by atoms with Gasteiger partial charge in [0.25, 0.3) is 0 Å². The first-order chi connectivity index (χ1) is 12.5. The summed E-state index contributed by atoms with van der Waals surface area (Å²) in [6.07, 6.45) is 4.85. The van der Waals surface area contributed by atoms with Crippen molar-refractivity contribution in [3.8, 4) is 23.0 Å². The predicted octanol–water partition coefficient (Wildman–Crippen LogP) is 3.94. The van der Waals surface area contributed by atoms with E-state index in [1.165, 1.54) is 14.2 Å². The van der Waals surface area contributed by atoms with Gasteiger partial charge in [0.2, 0.25) is 0 Å². The van der Waals surface area contributed by atoms with Crippen LogP contribution in [-0.2, 0) is 4.79 Å². The molecule has 0 bridgehead atoms. The SMILES string of the molecule is COc1ccc(/C=C2\CC/C(=C\c3ccc(OC)c(O)c3)C2=O)cc1O. The zero-order valence-corrected chi connectivity index (χ0v) is 14.7. The second kappa shape index (κ2) is 7.35. The summed E-state index contributed by atoms with van der Waals surface area (Å²) in [6.45, 7) is 0. The van der Waals surface area contributed by atoms with E-state index in [4.69, 9.17) is 9.47 Å². The molecular formula is C21H20O5. The van der Waals surface area contributed by atoms with Gasteiger partial charge in [-0.25, -0.2) is 0 Å². The molecule has 0 unspecified atom stereocenters. The molecule has 0 spiro atoms. The average Bonchev–Trinajstić information content (AvgIpc) is 2.95. The highest BCUT2D eigenvalue weighted by Gasteiger charge is 2.23. The number of ether oxygens (including phenoxy) is 2. The molecule has 26 heavy (non-hydrogen) atoms. The third-order valence-corrected chi connectivity index (χ3v) is 4.33. The van der Waals surface area contributed by atoms with Crippen molar-refractivity contribution < 1.29 is 24.5 Å². The van der Waals surface area contributed by atoms with Crippen LogP contribution in [0.2, 0.25) is 0 Å². The topological polar surface area (TPSA) is 76.0 Å². The highest BCUT2D eigenvalue weighted by molar-refractivity contribution is 6.15. The molecule has 0 heterocycles. The van der Waals surface area contributed by atoms with E-state index in [1.807, 2.05) is 0 Å². The summed E-state index contributed by atoms with van der Waals surface area (Å²) in [7, 11) is 2.98. The maximum absolute atomic E-state index is 12.6. The van der Waals surface area contributed by atoms with E-state index in [0.29, 0.717) is 35.5 Å². The number of hydrogen-bond donors (Lipinski definition) is 2. The fraction of sp³-hybridized carbons (Fsp3) is 0.190. The molecule has 1 saturated carbocycles. The molecule has 5 heteroatoms. The zero-order valence-electron chi connectivity index (χ0n) is 14.7. The molecule has 0 aliphatic heterocycles. The molecule has 0 atom stereocenters. The lowest BCUT2D eigenvalue weighted by molar-refractivity contribution is -0.111. The van der Waals surface area contributed by atoms with Crippen LogP contribution in [0.1, 0.15) is 24.0 Å². The number of hydrogen-bond acceptors (Lipinski definition) is 5. The number of benzene rings is 2. The number of carbonyl (C=O) groups excluding carboxylic acids is 1. The van der Waals surface area contributed by atoms with Gasteiger partial charge in [0.15, 0.2) is 28.8 Å². The van der Waals surface area contributed by atoms with Gasteiger partial charge < -0.3 is 19.7 Å². The van der Waals surface area contributed by atoms with E-state index in [9.17, 15) is 15.0 Å². The molecule has 5 nitrogen and oxygen atoms in total. The standard InChI is InChI=1S/C21H20O5/c1-25-19-7-3-13(11-17(19)22)9-15-5-6-16(21(15)24)10-14-4-8-20(26-2)18(23)12-14/h3-4,7-12,22-23H,5-6H2,1-2H3/b15-9+,16-10+. The Labute approximate surface area is 151 Å². The van der Waals surface area contributed by atoms with Crippen LogP contribution in [0, 0.1) is 0 Å². The van der Waals surface area contributed by atoms with Crippen molar-refractivity contribution in [3.63, 3.8) is 0 Å². The highest BCUT2D eigenvalue weighted by atomic mass is 16.5. The summed E-state index contributed by atoms with van der Waals surface area (Å²) in [4.78, 5) is 12.6. The van der Waals surface area contributed by atoms with Crippen molar-refractivity contribution in [2.24, 2.45) is 0 Å². The summed E-state index contributed by atoms with van der Waals surface area (Å²) in [5, 5.41) is 19.7. The third kappa shape index (κ3) is 3.57. The summed E-state index contributed by atoms with van der Waals surface area (Å²) in [6, 6.07) is 10.1. The summed E-state index contributed by atoms with van der Waals surface area (Å²) < 4.78 is 10.0. The Morgan fingerprint density at radius 2 is 1.23 bits per heavy atom. The molecule has 0 saturated heterocycles. The van der Waals surface area contributed by atoms with Gasteiger partial charge >= 0.3 is 0 Å². The second-order valence-corrected chi connectivity index (χ2v) is 6.03. The van der Waals surface area contributed by atoms with Crippen molar-refractivity contribution in [2.45, 2.75) is 12.8 Å². The van der Waals surface area contributed by atoms with Gasteiger partial charge in [-0.1, -0.05) is 12.1 Å². The van der Waals surface area contributed by atoms with Crippen LogP contribution in [0.15, 0.2) is 47.5 Å². The number of rotatable bonds is 4. The maximum Gasteiger partial charge on any atom is 0.185 e. The Morgan fingerprint density at radius 1 is 0.808 bits per heavy atom. The number of ketones is 1. The zero-order chi connectivity index (χ0) is 18.7. The fourth-order valence-electron chi connectivity index (χ4n) is 2.97. The monoisotopic (exact) mass is 352 g/mol. The smallest absolute Gasteiger partial charge is 0.185 e. The van der Waals surface area contributed by atoms with Crippen LogP contribution < -0.4 is 9.47 Å². The van der Waals surface area contributed by atoms with E-state index in [2.05, 4.69) is 0 Å². The third-order valence-electron chi connectivity index (χ3n) is 4.33. The number of phenols is 2. The van der Waals surface area contributed by atoms with Gasteiger partial charge in [-0.2, -0.15) is 0 Å². The summed E-state index contributed by atoms with van der Waals surface area (Å²) in [5.41, 5.74) is 2.88. The molecule has 0 amide bonds. The normalized spacial score (nSPS) is 17.1. The van der Waals surface area contributed by atoms with Gasteiger partial charge in [0.05, 0.1) is 14.2 Å². The van der Waals surface area contributed by atoms with Gasteiger partial charge in [0, 0.05) is 11.1 Å². The molecule has 0 radical (unpaired) electrons. The minimum atomic E-state index is -0.0179. The van der Waals surface area contributed by atoms with Gasteiger partial charge in [-0.15, -0.1) is 0 Å². The molecule has 1 aliphatic rings. The molecular weight excluding hydrogens is 332 g/mol. The number of allylic oxidation sites excluding steroid dienone is 2. The Hall–Kier alpha value is -3.21. The van der Waals surface area contributed by atoms with Crippen molar-refractivity contribution in [1.82, 2.24) is 0 Å². The van der Waals surface area contributed by atoms with E-state index in [1.54, 1.807) is 48.6 Å². The Bertz CT molecular complexity index is 835. The first-order valence-corrected chi connectivity index (χ1v) is 8.21. The first-order valence-electron chi connectivity index (χ1n) is 8.21. The molecule has 2 aromatic carbocycles. The van der Waals surface area contributed by atoms with Crippen LogP contribution in [0.3, 0.4) is 0 Å². The molecule has 2 N–H and O–H groups in total. The largest absolute Gasteiger partial charge is 0.504 e. The van der Waals surface area contributed by atoms with E-state index >= 15 is 0 Å². The van der Waals surface area contributed by atoms with Crippen molar-refractivity contribution in [3.05, 3.63) is 58.7 Å². The van der Waals surface area contributed by atoms with Crippen LogP contribution in [0.4, 0.5) is 0 Å². The maximum atomic E-state index is 12.6. The first kappa shape index (κ1) is 17.6. The van der Waals surface area contributed by atoms with Gasteiger partial charge in [0.1, 0.15) is 0 Å². The van der Waals surface area contributed by atoms with Crippen LogP contribution >= 0.6 is 0 Å². The second-order valence-electron chi connectivity index (χ2n) is 6.03. The minimum Gasteiger partial charge on any atom is -0.504 e. The lowest BCUT2D eigenvalue weighted by Gasteiger charge is -2.04. The molecule has 0 aromatic heterocycles. The fourth-order valence-corrected chi connectivity index (χ4v) is 2.97. The lowest BCUT2D eigenvalue weighted by Crippen LogP contribution is -1.95. The van der Waals surface area contributed by atoms with Crippen molar-refractivity contribution >= 4 is 17.9 Å². The molecule has 3 rings (SSSR count). The van der Waals surface area contributed by atoms with E-state index < -0.39 is 0 Å². The lowest BCUT2D eigenvalue weighted by atomic mass is 10.1. The molecule has 1 fully saturated rings. The summed E-state index contributed by atoms with van der Waals surface area (Å²) >= 11 is 0. The molecule has 2 aromatic rings. The van der Waals surface area contributed by atoms with Gasteiger partial charge in [-0.3, -0.25) is 4.79 Å². The molecule has 134 valence electrons. The number of aromatic hydroxyl groups is 2. The Kier molecular flexibility index (Phi) is 4.98. The van der Waals surface area contributed by atoms with Crippen LogP contribution in [0.5, 0.6) is 23.0 Å². The van der Waals surface area contributed by atoms with Crippen LogP contribution in [0.25, 0.3) is 12.2 Å². The quantitative estimate of drug-likeness (QED) is 0.815. The highest BCUT2D eigenvalue weighted by Crippen LogP contribution is 2.33. The van der Waals surface area contributed by atoms with Crippen molar-refractivity contribution in [2.75, 3.05) is 14.2 Å². The number of methoxy groups -OCH3 is 2. The van der Waals surface area contributed by atoms with Gasteiger partial charge in [-0.05, 0) is 60.4 Å². The average molecular weight is 352 g/mol.